The minimum atomic E-state index is 0.869. The van der Waals surface area contributed by atoms with E-state index in [0.717, 1.165) is 44.6 Å². The van der Waals surface area contributed by atoms with E-state index < -0.39 is 0 Å². The minimum absolute atomic E-state index is 0.869. The molecule has 0 spiro atoms. The number of hydrogen-bond donors (Lipinski definition) is 0. The van der Waals surface area contributed by atoms with Crippen molar-refractivity contribution in [3.63, 3.8) is 0 Å². The van der Waals surface area contributed by atoms with Gasteiger partial charge in [-0.05, 0) is 120 Å². The van der Waals surface area contributed by atoms with Gasteiger partial charge in [-0.2, -0.15) is 0 Å². The van der Waals surface area contributed by atoms with Gasteiger partial charge in [0.05, 0.1) is 0 Å². The predicted octanol–water partition coefficient (Wildman–Crippen LogP) is 15.5. The Morgan fingerprint density at radius 3 is 1.61 bits per heavy atom. The number of rotatable bonds is 6. The molecule has 56 heavy (non-hydrogen) atoms. The summed E-state index contributed by atoms with van der Waals surface area (Å²) in [6.07, 6.45) is 0. The second kappa shape index (κ2) is 13.2. The van der Waals surface area contributed by atoms with Gasteiger partial charge in [-0.15, -0.1) is 0 Å². The Bertz CT molecular complexity index is 3240. The number of anilines is 3. The highest BCUT2D eigenvalue weighted by molar-refractivity contribution is 6.10. The Labute approximate surface area is 325 Å². The quantitative estimate of drug-likeness (QED) is 0.160. The molecule has 10 aromatic carbocycles. The molecular weight excluding hydrogens is 679 g/mol. The Kier molecular flexibility index (Phi) is 7.53. The molecule has 0 saturated carbocycles. The highest BCUT2D eigenvalue weighted by atomic mass is 16.3. The van der Waals surface area contributed by atoms with E-state index in [1.807, 2.05) is 12.1 Å². The predicted molar refractivity (Wildman–Crippen MR) is 237 cm³/mol. The molecule has 2 nitrogen and oxygen atoms in total. The van der Waals surface area contributed by atoms with Gasteiger partial charge in [0.2, 0.25) is 0 Å². The van der Waals surface area contributed by atoms with Gasteiger partial charge < -0.3 is 9.32 Å². The van der Waals surface area contributed by atoms with E-state index in [1.54, 1.807) is 0 Å². The Hall–Kier alpha value is -7.42. The third-order valence-corrected chi connectivity index (χ3v) is 11.2. The van der Waals surface area contributed by atoms with Crippen molar-refractivity contribution in [1.82, 2.24) is 0 Å². The van der Waals surface area contributed by atoms with E-state index >= 15 is 0 Å². The van der Waals surface area contributed by atoms with Crippen LogP contribution in [0.1, 0.15) is 0 Å². The van der Waals surface area contributed by atoms with Gasteiger partial charge in [-0.1, -0.05) is 152 Å². The Balaban J connectivity index is 1.04. The summed E-state index contributed by atoms with van der Waals surface area (Å²) in [5.41, 5.74) is 12.1. The van der Waals surface area contributed by atoms with E-state index in [-0.39, 0.29) is 0 Å². The van der Waals surface area contributed by atoms with Crippen molar-refractivity contribution in [2.75, 3.05) is 4.90 Å². The first-order chi connectivity index (χ1) is 27.7. The average Bonchev–Trinajstić information content (AvgIpc) is 3.64. The van der Waals surface area contributed by atoms with E-state index in [9.17, 15) is 0 Å². The Morgan fingerprint density at radius 1 is 0.268 bits per heavy atom. The molecule has 1 aromatic heterocycles. The van der Waals surface area contributed by atoms with Gasteiger partial charge in [0.15, 0.2) is 0 Å². The van der Waals surface area contributed by atoms with Crippen molar-refractivity contribution in [2.24, 2.45) is 0 Å². The summed E-state index contributed by atoms with van der Waals surface area (Å²) in [7, 11) is 0. The smallest absolute Gasteiger partial charge is 0.137 e. The molecule has 0 N–H and O–H groups in total. The molecule has 0 fully saturated rings. The highest BCUT2D eigenvalue weighted by Crippen LogP contribution is 2.41. The second-order valence-corrected chi connectivity index (χ2v) is 14.5. The monoisotopic (exact) mass is 713 g/mol. The molecule has 2 heteroatoms. The molecule has 11 rings (SSSR count). The standard InChI is InChI=1S/C54H35NO/c1-2-10-36(11-3-1)42-24-22-39-20-21-40-23-25-43(34-52(40)51(39)33-42)41-14-8-15-45(32-41)55(46-30-31-50-49-17-6-7-19-53(49)56-54(50)35-46)44-28-26-38(27-29-44)48-18-9-13-37-12-4-5-16-47(37)48/h1-35H. The van der Waals surface area contributed by atoms with E-state index in [2.05, 4.69) is 205 Å². The number of fused-ring (bicyclic) bond motifs is 7. The van der Waals surface area contributed by atoms with Crippen LogP contribution in [0.3, 0.4) is 0 Å². The zero-order valence-electron chi connectivity index (χ0n) is 30.6. The van der Waals surface area contributed by atoms with Crippen molar-refractivity contribution < 1.29 is 4.42 Å². The fourth-order valence-corrected chi connectivity index (χ4v) is 8.43. The van der Waals surface area contributed by atoms with Crippen molar-refractivity contribution >= 4 is 71.3 Å². The maximum atomic E-state index is 6.41. The van der Waals surface area contributed by atoms with Crippen LogP contribution in [-0.4, -0.2) is 0 Å². The number of benzene rings is 10. The molecule has 0 bridgehead atoms. The summed E-state index contributed by atoms with van der Waals surface area (Å²) in [5, 5.41) is 9.71. The molecule has 1 heterocycles. The maximum Gasteiger partial charge on any atom is 0.137 e. The summed E-state index contributed by atoms with van der Waals surface area (Å²) in [4.78, 5) is 2.34. The molecule has 262 valence electrons. The Morgan fingerprint density at radius 2 is 0.804 bits per heavy atom. The first kappa shape index (κ1) is 32.0. The van der Waals surface area contributed by atoms with Gasteiger partial charge in [-0.3, -0.25) is 0 Å². The summed E-state index contributed by atoms with van der Waals surface area (Å²) in [6, 6.07) is 76.6. The molecule has 0 aliphatic heterocycles. The van der Waals surface area contributed by atoms with Crippen LogP contribution in [-0.2, 0) is 0 Å². The molecule has 0 aliphatic carbocycles. The average molecular weight is 714 g/mol. The number of para-hydroxylation sites is 1. The third-order valence-electron chi connectivity index (χ3n) is 11.2. The summed E-state index contributed by atoms with van der Waals surface area (Å²) in [5.74, 6) is 0. The molecule has 0 radical (unpaired) electrons. The van der Waals surface area contributed by atoms with Gasteiger partial charge >= 0.3 is 0 Å². The van der Waals surface area contributed by atoms with Crippen LogP contribution in [0, 0.1) is 0 Å². The van der Waals surface area contributed by atoms with Crippen LogP contribution >= 0.6 is 0 Å². The second-order valence-electron chi connectivity index (χ2n) is 14.5. The third kappa shape index (κ3) is 5.51. The lowest BCUT2D eigenvalue weighted by molar-refractivity contribution is 0.669. The molecule has 0 saturated heterocycles. The summed E-state index contributed by atoms with van der Waals surface area (Å²) >= 11 is 0. The van der Waals surface area contributed by atoms with Crippen molar-refractivity contribution in [1.29, 1.82) is 0 Å². The molecular formula is C54H35NO. The van der Waals surface area contributed by atoms with Crippen LogP contribution in [0.4, 0.5) is 17.1 Å². The SMILES string of the molecule is c1ccc(-c2ccc3ccc4ccc(-c5cccc(N(c6ccc(-c7cccc8ccccc78)cc6)c6ccc7c(c6)oc6ccccc67)c5)cc4c3c2)cc1. The normalized spacial score (nSPS) is 11.6. The lowest BCUT2D eigenvalue weighted by Gasteiger charge is -2.26. The van der Waals surface area contributed by atoms with Crippen LogP contribution in [0.25, 0.3) is 87.6 Å². The largest absolute Gasteiger partial charge is 0.456 e. The molecule has 0 amide bonds. The van der Waals surface area contributed by atoms with Crippen LogP contribution < -0.4 is 4.90 Å². The number of nitrogens with zero attached hydrogens (tertiary/aromatic N) is 1. The van der Waals surface area contributed by atoms with Gasteiger partial charge in [0, 0.05) is 33.9 Å². The number of furan rings is 1. The number of hydrogen-bond acceptors (Lipinski definition) is 2. The first-order valence-electron chi connectivity index (χ1n) is 19.2. The van der Waals surface area contributed by atoms with Crippen LogP contribution in [0.5, 0.6) is 0 Å². The lowest BCUT2D eigenvalue weighted by atomic mass is 9.94. The molecule has 0 atom stereocenters. The van der Waals surface area contributed by atoms with Crippen molar-refractivity contribution in [2.45, 2.75) is 0 Å². The van der Waals surface area contributed by atoms with Gasteiger partial charge in [0.25, 0.3) is 0 Å². The van der Waals surface area contributed by atoms with E-state index in [4.69, 9.17) is 4.42 Å². The first-order valence-corrected chi connectivity index (χ1v) is 19.2. The maximum absolute atomic E-state index is 6.41. The fourth-order valence-electron chi connectivity index (χ4n) is 8.43. The zero-order chi connectivity index (χ0) is 37.0. The summed E-state index contributed by atoms with van der Waals surface area (Å²) in [6.45, 7) is 0. The minimum Gasteiger partial charge on any atom is -0.456 e. The van der Waals surface area contributed by atoms with Crippen LogP contribution in [0.15, 0.2) is 217 Å². The molecule has 0 aliphatic rings. The molecule has 11 aromatic rings. The van der Waals surface area contributed by atoms with Gasteiger partial charge in [-0.25, -0.2) is 0 Å². The molecule has 0 unspecified atom stereocenters. The topological polar surface area (TPSA) is 16.4 Å². The van der Waals surface area contributed by atoms with Crippen molar-refractivity contribution in [3.8, 4) is 33.4 Å². The van der Waals surface area contributed by atoms with Gasteiger partial charge in [0.1, 0.15) is 11.2 Å². The van der Waals surface area contributed by atoms with E-state index in [1.165, 1.54) is 60.1 Å². The van der Waals surface area contributed by atoms with Crippen LogP contribution in [0.2, 0.25) is 0 Å². The van der Waals surface area contributed by atoms with Crippen molar-refractivity contribution in [3.05, 3.63) is 212 Å². The zero-order valence-corrected chi connectivity index (χ0v) is 30.6. The summed E-state index contributed by atoms with van der Waals surface area (Å²) < 4.78 is 6.41. The van der Waals surface area contributed by atoms with E-state index in [0.29, 0.717) is 0 Å². The lowest BCUT2D eigenvalue weighted by Crippen LogP contribution is -2.10. The highest BCUT2D eigenvalue weighted by Gasteiger charge is 2.17. The fraction of sp³-hybridized carbons (Fsp3) is 0.